The molecule has 1 atom stereocenters. The van der Waals surface area contributed by atoms with E-state index in [1.54, 1.807) is 19.2 Å². The van der Waals surface area contributed by atoms with Crippen LogP contribution in [0.1, 0.15) is 18.6 Å². The van der Waals surface area contributed by atoms with Gasteiger partial charge in [0, 0.05) is 23.8 Å². The van der Waals surface area contributed by atoms with Crippen molar-refractivity contribution in [2.24, 2.45) is 7.05 Å². The van der Waals surface area contributed by atoms with Crippen molar-refractivity contribution in [3.8, 4) is 17.1 Å². The number of hydrogen-bond donors (Lipinski definition) is 2. The molecule has 3 heterocycles. The number of aryl methyl sites for hydroxylation is 1. The van der Waals surface area contributed by atoms with Gasteiger partial charge in [0.1, 0.15) is 11.8 Å². The Kier molecular flexibility index (Phi) is 4.44. The fraction of sp³-hybridized carbons (Fsp3) is 0.167. The maximum atomic E-state index is 12.1. The maximum Gasteiger partial charge on any atom is 0.325 e. The van der Waals surface area contributed by atoms with Crippen molar-refractivity contribution in [1.29, 1.82) is 0 Å². The van der Waals surface area contributed by atoms with Gasteiger partial charge in [0.05, 0.1) is 10.9 Å². The summed E-state index contributed by atoms with van der Waals surface area (Å²) in [5.74, 6) is 0.335. The highest BCUT2D eigenvalue weighted by Crippen LogP contribution is 2.31. The fourth-order valence-corrected chi connectivity index (χ4v) is 3.16. The molecule has 1 aromatic carbocycles. The van der Waals surface area contributed by atoms with Crippen molar-refractivity contribution in [2.45, 2.75) is 13.0 Å². The summed E-state index contributed by atoms with van der Waals surface area (Å²) in [4.78, 5) is 27.9. The van der Waals surface area contributed by atoms with E-state index in [4.69, 9.17) is 16.3 Å². The monoisotopic (exact) mass is 398 g/mol. The lowest BCUT2D eigenvalue weighted by Gasteiger charge is -2.14. The van der Waals surface area contributed by atoms with Crippen LogP contribution in [-0.2, 0) is 7.05 Å². The van der Waals surface area contributed by atoms with Crippen LogP contribution in [0.4, 0.5) is 0 Å². The molecule has 28 heavy (non-hydrogen) atoms. The van der Waals surface area contributed by atoms with Gasteiger partial charge in [-0.3, -0.25) is 9.78 Å². The lowest BCUT2D eigenvalue weighted by molar-refractivity contribution is 0.218. The van der Waals surface area contributed by atoms with Crippen LogP contribution in [0.3, 0.4) is 0 Å². The number of benzene rings is 1. The Hall–Kier alpha value is -3.46. The minimum atomic E-state index is -0.596. The van der Waals surface area contributed by atoms with E-state index in [9.17, 15) is 9.59 Å². The van der Waals surface area contributed by atoms with E-state index in [1.807, 2.05) is 25.1 Å². The zero-order valence-corrected chi connectivity index (χ0v) is 15.7. The number of rotatable bonds is 4. The second-order valence-electron chi connectivity index (χ2n) is 6.16. The number of H-pyrrole nitrogens is 2. The molecule has 0 amide bonds. The molecule has 142 valence electrons. The van der Waals surface area contributed by atoms with Gasteiger partial charge in [-0.2, -0.15) is 0 Å². The van der Waals surface area contributed by atoms with E-state index < -0.39 is 11.2 Å². The molecule has 3 aromatic heterocycles. The van der Waals surface area contributed by atoms with Crippen molar-refractivity contribution in [1.82, 2.24) is 29.9 Å². The summed E-state index contributed by atoms with van der Waals surface area (Å²) in [6.07, 6.45) is 0.931. The normalized spacial score (nSPS) is 12.2. The molecule has 0 aliphatic carbocycles. The van der Waals surface area contributed by atoms with Crippen LogP contribution in [-0.4, -0.2) is 29.9 Å². The van der Waals surface area contributed by atoms with Gasteiger partial charge >= 0.3 is 5.69 Å². The average molecular weight is 399 g/mol. The van der Waals surface area contributed by atoms with Crippen molar-refractivity contribution >= 4 is 22.6 Å². The van der Waals surface area contributed by atoms with Crippen LogP contribution in [0.2, 0.25) is 5.02 Å². The zero-order valence-electron chi connectivity index (χ0n) is 14.9. The summed E-state index contributed by atoms with van der Waals surface area (Å²) in [6.45, 7) is 1.86. The fourth-order valence-electron chi connectivity index (χ4n) is 2.87. The Morgan fingerprint density at radius 3 is 2.75 bits per heavy atom. The highest BCUT2D eigenvalue weighted by Gasteiger charge is 2.19. The van der Waals surface area contributed by atoms with E-state index in [0.717, 1.165) is 5.56 Å². The molecule has 4 aromatic rings. The Bertz CT molecular complexity index is 1290. The smallest absolute Gasteiger partial charge is 0.325 e. The van der Waals surface area contributed by atoms with Gasteiger partial charge in [-0.15, -0.1) is 15.3 Å². The molecule has 0 bridgehead atoms. The Morgan fingerprint density at radius 2 is 2.00 bits per heavy atom. The minimum absolute atomic E-state index is 0.183. The van der Waals surface area contributed by atoms with Gasteiger partial charge in [0.2, 0.25) is 5.88 Å². The topological polar surface area (TPSA) is 119 Å². The van der Waals surface area contributed by atoms with Gasteiger partial charge in [-0.05, 0) is 19.1 Å². The summed E-state index contributed by atoms with van der Waals surface area (Å²) in [6, 6.07) is 9.04. The number of ether oxygens (including phenoxy) is 1. The molecule has 4 rings (SSSR count). The summed E-state index contributed by atoms with van der Waals surface area (Å²) in [5, 5.41) is 13.7. The first-order chi connectivity index (χ1) is 13.4. The zero-order chi connectivity index (χ0) is 19.8. The molecule has 0 aliphatic heterocycles. The van der Waals surface area contributed by atoms with Crippen LogP contribution in [0.5, 0.6) is 5.88 Å². The third-order valence-electron chi connectivity index (χ3n) is 4.28. The molecule has 0 saturated heterocycles. The Morgan fingerprint density at radius 1 is 1.21 bits per heavy atom. The molecule has 0 fully saturated rings. The predicted molar refractivity (Wildman–Crippen MR) is 103 cm³/mol. The molecule has 0 aliphatic rings. The first-order valence-corrected chi connectivity index (χ1v) is 8.75. The second-order valence-corrected chi connectivity index (χ2v) is 6.57. The van der Waals surface area contributed by atoms with E-state index in [-0.39, 0.29) is 17.4 Å². The molecule has 10 heteroatoms. The number of halogens is 1. The molecule has 0 radical (unpaired) electrons. The molecule has 1 unspecified atom stereocenters. The standard InChI is InChI=1S/C18H15ClN6O3/c1-9(10-5-3-4-6-13(10)19)28-17-11-7-14(22-23-15(11)25(2)24-17)12-8-20-18(27)21-16(12)26/h3-9H,1-2H3,(H2,20,21,26,27). The van der Waals surface area contributed by atoms with E-state index >= 15 is 0 Å². The van der Waals surface area contributed by atoms with Crippen LogP contribution >= 0.6 is 11.6 Å². The number of nitrogens with zero attached hydrogens (tertiary/aromatic N) is 4. The van der Waals surface area contributed by atoms with Crippen LogP contribution in [0.15, 0.2) is 46.1 Å². The summed E-state index contributed by atoms with van der Waals surface area (Å²) >= 11 is 6.25. The number of fused-ring (bicyclic) bond motifs is 1. The van der Waals surface area contributed by atoms with E-state index in [0.29, 0.717) is 21.9 Å². The third-order valence-corrected chi connectivity index (χ3v) is 4.62. The molecule has 0 spiro atoms. The molecular formula is C18H15ClN6O3. The van der Waals surface area contributed by atoms with Gasteiger partial charge in [-0.25, -0.2) is 9.48 Å². The molecule has 0 saturated carbocycles. The lowest BCUT2D eigenvalue weighted by atomic mass is 10.1. The number of aromatic nitrogens is 6. The average Bonchev–Trinajstić information content (AvgIpc) is 2.97. The van der Waals surface area contributed by atoms with Crippen LogP contribution in [0.25, 0.3) is 22.3 Å². The van der Waals surface area contributed by atoms with E-state index in [1.165, 1.54) is 10.9 Å². The largest absolute Gasteiger partial charge is 0.468 e. The maximum absolute atomic E-state index is 12.1. The van der Waals surface area contributed by atoms with Crippen molar-refractivity contribution in [3.05, 3.63) is 68.0 Å². The van der Waals surface area contributed by atoms with Crippen molar-refractivity contribution in [2.75, 3.05) is 0 Å². The second kappa shape index (κ2) is 6.93. The lowest BCUT2D eigenvalue weighted by Crippen LogP contribution is -2.22. The van der Waals surface area contributed by atoms with Crippen molar-refractivity contribution in [3.63, 3.8) is 0 Å². The molecular weight excluding hydrogens is 384 g/mol. The van der Waals surface area contributed by atoms with Gasteiger partial charge in [0.15, 0.2) is 5.65 Å². The van der Waals surface area contributed by atoms with Gasteiger partial charge in [0.25, 0.3) is 5.56 Å². The molecule has 9 nitrogen and oxygen atoms in total. The number of aromatic amines is 2. The third kappa shape index (κ3) is 3.16. The SMILES string of the molecule is CC(Oc1nn(C)c2nnc(-c3c[nH]c(=O)[nH]c3=O)cc12)c1ccccc1Cl. The summed E-state index contributed by atoms with van der Waals surface area (Å²) < 4.78 is 7.57. The predicted octanol–water partition coefficient (Wildman–Crippen LogP) is 2.20. The quantitative estimate of drug-likeness (QED) is 0.544. The van der Waals surface area contributed by atoms with Crippen molar-refractivity contribution < 1.29 is 4.74 Å². The Balaban J connectivity index is 1.78. The number of nitrogens with one attached hydrogen (secondary N) is 2. The summed E-state index contributed by atoms with van der Waals surface area (Å²) in [7, 11) is 1.72. The highest BCUT2D eigenvalue weighted by atomic mass is 35.5. The minimum Gasteiger partial charge on any atom is -0.468 e. The van der Waals surface area contributed by atoms with Gasteiger partial charge in [-0.1, -0.05) is 29.8 Å². The first kappa shape index (κ1) is 17.9. The van der Waals surface area contributed by atoms with E-state index in [2.05, 4.69) is 25.3 Å². The molecule has 2 N–H and O–H groups in total. The first-order valence-electron chi connectivity index (χ1n) is 8.38. The summed E-state index contributed by atoms with van der Waals surface area (Å²) in [5.41, 5.74) is 0.624. The van der Waals surface area contributed by atoms with Crippen LogP contribution < -0.4 is 16.0 Å². The highest BCUT2D eigenvalue weighted by molar-refractivity contribution is 6.31. The van der Waals surface area contributed by atoms with Gasteiger partial charge < -0.3 is 9.72 Å². The van der Waals surface area contributed by atoms with Crippen LogP contribution in [0, 0.1) is 0 Å². The Labute approximate surface area is 163 Å². The number of hydrogen-bond acceptors (Lipinski definition) is 6.